The molecule has 0 radical (unpaired) electrons. The van der Waals surface area contributed by atoms with Crippen molar-refractivity contribution in [3.63, 3.8) is 0 Å². The molecule has 0 bridgehead atoms. The highest BCUT2D eigenvalue weighted by Crippen LogP contribution is 2.36. The fourth-order valence-electron chi connectivity index (χ4n) is 2.20. The molecule has 0 spiro atoms. The first kappa shape index (κ1) is 16.7. The van der Waals surface area contributed by atoms with Gasteiger partial charge in [0, 0.05) is 18.4 Å². The van der Waals surface area contributed by atoms with Crippen LogP contribution in [0.2, 0.25) is 0 Å². The molecule has 1 aliphatic heterocycles. The molecule has 1 aliphatic rings. The van der Waals surface area contributed by atoms with E-state index in [1.165, 1.54) is 6.92 Å². The first-order valence-corrected chi connectivity index (χ1v) is 9.07. The van der Waals surface area contributed by atoms with Crippen molar-refractivity contribution < 1.29 is 14.6 Å². The molecule has 116 valence electrons. The summed E-state index contributed by atoms with van der Waals surface area (Å²) in [5.41, 5.74) is 1.06. The molecule has 6 heteroatoms. The molecule has 0 unspecified atom stereocenters. The van der Waals surface area contributed by atoms with Crippen LogP contribution in [-0.4, -0.2) is 45.9 Å². The van der Waals surface area contributed by atoms with Crippen molar-refractivity contribution >= 4 is 29.4 Å². The maximum absolute atomic E-state index is 11.4. The van der Waals surface area contributed by atoms with Gasteiger partial charge in [0.1, 0.15) is 6.10 Å². The molecule has 2 atom stereocenters. The molecular formula is C15H21NO3S2. The summed E-state index contributed by atoms with van der Waals surface area (Å²) in [6.07, 6.45) is -0.391. The molecule has 0 aliphatic carbocycles. The Morgan fingerprint density at radius 3 is 2.62 bits per heavy atom. The Morgan fingerprint density at radius 1 is 1.38 bits per heavy atom. The zero-order valence-corrected chi connectivity index (χ0v) is 13.7. The fraction of sp³-hybridized carbons (Fsp3) is 0.533. The van der Waals surface area contributed by atoms with Gasteiger partial charge in [0.2, 0.25) is 5.91 Å². The van der Waals surface area contributed by atoms with Crippen molar-refractivity contribution in [1.29, 1.82) is 0 Å². The van der Waals surface area contributed by atoms with Crippen LogP contribution in [0.3, 0.4) is 0 Å². The minimum absolute atomic E-state index is 0.0881. The van der Waals surface area contributed by atoms with Gasteiger partial charge in [-0.3, -0.25) is 4.79 Å². The number of rotatable bonds is 7. The van der Waals surface area contributed by atoms with E-state index < -0.39 is 6.10 Å². The monoisotopic (exact) mass is 327 g/mol. The van der Waals surface area contributed by atoms with Gasteiger partial charge < -0.3 is 15.2 Å². The zero-order chi connectivity index (χ0) is 15.1. The summed E-state index contributed by atoms with van der Waals surface area (Å²) in [5.74, 6) is 2.06. The van der Waals surface area contributed by atoms with E-state index in [2.05, 4.69) is 5.32 Å². The van der Waals surface area contributed by atoms with E-state index in [-0.39, 0.29) is 23.1 Å². The normalized spacial score (nSPS) is 18.4. The second-order valence-corrected chi connectivity index (χ2v) is 7.65. The molecular weight excluding hydrogens is 306 g/mol. The Morgan fingerprint density at radius 2 is 2.05 bits per heavy atom. The SMILES string of the molecule is CC(=O)N[C@H](C1SCCS1)[C@@H](CO)OCc1ccccc1. The second-order valence-electron chi connectivity index (χ2n) is 4.85. The van der Waals surface area contributed by atoms with Gasteiger partial charge in [-0.15, -0.1) is 23.5 Å². The van der Waals surface area contributed by atoms with E-state index in [0.717, 1.165) is 17.1 Å². The van der Waals surface area contributed by atoms with Crippen LogP contribution in [0.4, 0.5) is 0 Å². The molecule has 4 nitrogen and oxygen atoms in total. The molecule has 0 aromatic heterocycles. The molecule has 1 aromatic rings. The lowest BCUT2D eigenvalue weighted by Crippen LogP contribution is -2.50. The van der Waals surface area contributed by atoms with E-state index >= 15 is 0 Å². The Labute approximate surface area is 134 Å². The first-order chi connectivity index (χ1) is 10.2. The zero-order valence-electron chi connectivity index (χ0n) is 12.0. The Bertz CT molecular complexity index is 438. The lowest BCUT2D eigenvalue weighted by molar-refractivity contribution is -0.121. The maximum Gasteiger partial charge on any atom is 0.217 e. The number of aliphatic hydroxyl groups is 1. The molecule has 0 saturated carbocycles. The van der Waals surface area contributed by atoms with Gasteiger partial charge in [-0.05, 0) is 5.56 Å². The topological polar surface area (TPSA) is 58.6 Å². The van der Waals surface area contributed by atoms with E-state index in [9.17, 15) is 9.90 Å². The Kier molecular flexibility index (Phi) is 6.89. The van der Waals surface area contributed by atoms with Gasteiger partial charge >= 0.3 is 0 Å². The number of hydrogen-bond acceptors (Lipinski definition) is 5. The first-order valence-electron chi connectivity index (χ1n) is 6.97. The van der Waals surface area contributed by atoms with Crippen LogP contribution in [0, 0.1) is 0 Å². The van der Waals surface area contributed by atoms with E-state index in [1.807, 2.05) is 53.9 Å². The molecule has 2 N–H and O–H groups in total. The third-order valence-corrected chi connectivity index (χ3v) is 6.40. The van der Waals surface area contributed by atoms with Crippen molar-refractivity contribution in [2.24, 2.45) is 0 Å². The fourth-order valence-corrected chi connectivity index (χ4v) is 5.30. The van der Waals surface area contributed by atoms with Gasteiger partial charge in [0.25, 0.3) is 0 Å². The molecule has 1 aromatic carbocycles. The van der Waals surface area contributed by atoms with Crippen LogP contribution in [0.5, 0.6) is 0 Å². The number of hydrogen-bond donors (Lipinski definition) is 2. The van der Waals surface area contributed by atoms with Crippen molar-refractivity contribution in [1.82, 2.24) is 5.32 Å². The lowest BCUT2D eigenvalue weighted by Gasteiger charge is -2.30. The Hall–Kier alpha value is -0.690. The third-order valence-electron chi connectivity index (χ3n) is 3.20. The van der Waals surface area contributed by atoms with Crippen LogP contribution in [-0.2, 0) is 16.1 Å². The van der Waals surface area contributed by atoms with Gasteiger partial charge in [-0.25, -0.2) is 0 Å². The van der Waals surface area contributed by atoms with Crippen LogP contribution in [0.1, 0.15) is 12.5 Å². The summed E-state index contributed by atoms with van der Waals surface area (Å²) in [4.78, 5) is 11.4. The predicted molar refractivity (Wildman–Crippen MR) is 88.4 cm³/mol. The smallest absolute Gasteiger partial charge is 0.217 e. The highest BCUT2D eigenvalue weighted by atomic mass is 32.2. The van der Waals surface area contributed by atoms with Crippen molar-refractivity contribution in [3.05, 3.63) is 35.9 Å². The van der Waals surface area contributed by atoms with Crippen LogP contribution >= 0.6 is 23.5 Å². The standard InChI is InChI=1S/C15H21NO3S2/c1-11(18)16-14(15-20-7-8-21-15)13(9-17)19-10-12-5-3-2-4-6-12/h2-6,13-15,17H,7-10H2,1H3,(H,16,18)/t13-,14+/m1/s1. The summed E-state index contributed by atoms with van der Waals surface area (Å²) in [6.45, 7) is 1.84. The molecule has 21 heavy (non-hydrogen) atoms. The summed E-state index contributed by atoms with van der Waals surface area (Å²) in [7, 11) is 0. The highest BCUT2D eigenvalue weighted by Gasteiger charge is 2.33. The van der Waals surface area contributed by atoms with Gasteiger partial charge in [-0.1, -0.05) is 30.3 Å². The summed E-state index contributed by atoms with van der Waals surface area (Å²) in [6, 6.07) is 9.68. The highest BCUT2D eigenvalue weighted by molar-refractivity contribution is 8.20. The third kappa shape index (κ3) is 5.21. The van der Waals surface area contributed by atoms with Gasteiger partial charge in [-0.2, -0.15) is 0 Å². The van der Waals surface area contributed by atoms with Crippen LogP contribution < -0.4 is 5.32 Å². The molecule has 1 fully saturated rings. The van der Waals surface area contributed by atoms with Crippen LogP contribution in [0.15, 0.2) is 30.3 Å². The number of thioether (sulfide) groups is 2. The Balaban J connectivity index is 1.98. The van der Waals surface area contributed by atoms with E-state index in [1.54, 1.807) is 0 Å². The number of carbonyl (C=O) groups is 1. The lowest BCUT2D eigenvalue weighted by atomic mass is 10.2. The quantitative estimate of drug-likeness (QED) is 0.801. The number of ether oxygens (including phenoxy) is 1. The van der Waals surface area contributed by atoms with E-state index in [4.69, 9.17) is 4.74 Å². The molecule has 1 heterocycles. The summed E-state index contributed by atoms with van der Waals surface area (Å²) < 4.78 is 6.10. The molecule has 1 saturated heterocycles. The van der Waals surface area contributed by atoms with Crippen molar-refractivity contribution in [3.8, 4) is 0 Å². The molecule has 1 amide bonds. The van der Waals surface area contributed by atoms with E-state index in [0.29, 0.717) is 6.61 Å². The number of aliphatic hydroxyl groups excluding tert-OH is 1. The number of amides is 1. The largest absolute Gasteiger partial charge is 0.394 e. The number of carbonyl (C=O) groups excluding carboxylic acids is 1. The molecule has 2 rings (SSSR count). The maximum atomic E-state index is 11.4. The van der Waals surface area contributed by atoms with Gasteiger partial charge in [0.05, 0.1) is 23.8 Å². The predicted octanol–water partition coefficient (Wildman–Crippen LogP) is 1.87. The van der Waals surface area contributed by atoms with Gasteiger partial charge in [0.15, 0.2) is 0 Å². The number of nitrogens with one attached hydrogen (secondary N) is 1. The van der Waals surface area contributed by atoms with Crippen LogP contribution in [0.25, 0.3) is 0 Å². The average molecular weight is 327 g/mol. The second kappa shape index (κ2) is 8.68. The van der Waals surface area contributed by atoms with Crippen molar-refractivity contribution in [2.45, 2.75) is 30.3 Å². The minimum Gasteiger partial charge on any atom is -0.394 e. The number of benzene rings is 1. The summed E-state index contributed by atoms with van der Waals surface area (Å²) in [5, 5.41) is 12.6. The average Bonchev–Trinajstić information content (AvgIpc) is 3.01. The minimum atomic E-state index is -0.391. The summed E-state index contributed by atoms with van der Waals surface area (Å²) >= 11 is 3.63. The van der Waals surface area contributed by atoms with Crippen molar-refractivity contribution in [2.75, 3.05) is 18.1 Å².